The number of rotatable bonds is 2. The maximum absolute atomic E-state index is 11.5. The highest BCUT2D eigenvalue weighted by Gasteiger charge is 2.20. The van der Waals surface area contributed by atoms with E-state index in [1.165, 1.54) is 6.33 Å². The lowest BCUT2D eigenvalue weighted by atomic mass is 9.93. The first kappa shape index (κ1) is 12.0. The molecule has 0 spiro atoms. The summed E-state index contributed by atoms with van der Waals surface area (Å²) >= 11 is 0. The Morgan fingerprint density at radius 3 is 2.76 bits per heavy atom. The zero-order valence-corrected chi connectivity index (χ0v) is 10.3. The van der Waals surface area contributed by atoms with E-state index in [2.05, 4.69) is 27.2 Å². The molecule has 0 radical (unpaired) electrons. The summed E-state index contributed by atoms with van der Waals surface area (Å²) in [5.74, 6) is 0.305. The van der Waals surface area contributed by atoms with E-state index in [0.29, 0.717) is 11.6 Å². The Labute approximate surface area is 101 Å². The molecule has 1 aromatic heterocycles. The van der Waals surface area contributed by atoms with Crippen LogP contribution in [0.1, 0.15) is 34.9 Å². The minimum atomic E-state index is -0.151. The van der Waals surface area contributed by atoms with Gasteiger partial charge >= 0.3 is 0 Å². The van der Waals surface area contributed by atoms with Gasteiger partial charge in [0.05, 0.1) is 0 Å². The first-order valence-corrected chi connectivity index (χ1v) is 5.93. The van der Waals surface area contributed by atoms with Crippen molar-refractivity contribution in [3.05, 3.63) is 23.8 Å². The van der Waals surface area contributed by atoms with E-state index in [4.69, 9.17) is 0 Å². The van der Waals surface area contributed by atoms with Gasteiger partial charge in [0.15, 0.2) is 0 Å². The standard InChI is InChI=1S/C12H18N4O/c1-13-12(17)11-7-10(14-8-15-11)9-3-5-16(2)6-4-9/h7-9H,3-6H2,1-2H3,(H,13,17). The summed E-state index contributed by atoms with van der Waals surface area (Å²) in [6, 6.07) is 1.81. The van der Waals surface area contributed by atoms with Crippen molar-refractivity contribution in [2.75, 3.05) is 27.2 Å². The molecule has 0 bridgehead atoms. The Hall–Kier alpha value is -1.49. The van der Waals surface area contributed by atoms with Crippen molar-refractivity contribution >= 4 is 5.91 Å². The van der Waals surface area contributed by atoms with Crippen LogP contribution in [0.3, 0.4) is 0 Å². The third-order valence-corrected chi connectivity index (χ3v) is 3.28. The van der Waals surface area contributed by atoms with Crippen LogP contribution in [0.15, 0.2) is 12.4 Å². The van der Waals surface area contributed by atoms with Crippen molar-refractivity contribution in [1.29, 1.82) is 0 Å². The summed E-state index contributed by atoms with van der Waals surface area (Å²) in [5, 5.41) is 2.58. The van der Waals surface area contributed by atoms with Gasteiger partial charge in [-0.2, -0.15) is 0 Å². The normalized spacial score (nSPS) is 18.0. The lowest BCUT2D eigenvalue weighted by Gasteiger charge is -2.28. The van der Waals surface area contributed by atoms with Gasteiger partial charge in [0, 0.05) is 18.7 Å². The van der Waals surface area contributed by atoms with E-state index in [1.807, 2.05) is 6.07 Å². The van der Waals surface area contributed by atoms with E-state index >= 15 is 0 Å². The minimum absolute atomic E-state index is 0.151. The number of piperidine rings is 1. The van der Waals surface area contributed by atoms with E-state index in [0.717, 1.165) is 31.6 Å². The van der Waals surface area contributed by atoms with Gasteiger partial charge < -0.3 is 10.2 Å². The van der Waals surface area contributed by atoms with E-state index in [-0.39, 0.29) is 5.91 Å². The summed E-state index contributed by atoms with van der Waals surface area (Å²) in [7, 11) is 3.74. The molecule has 1 aromatic rings. The number of hydrogen-bond acceptors (Lipinski definition) is 4. The summed E-state index contributed by atoms with van der Waals surface area (Å²) in [5.41, 5.74) is 1.45. The maximum Gasteiger partial charge on any atom is 0.269 e. The van der Waals surface area contributed by atoms with E-state index < -0.39 is 0 Å². The molecule has 0 unspecified atom stereocenters. The molecule has 2 rings (SSSR count). The van der Waals surface area contributed by atoms with Gasteiger partial charge in [0.2, 0.25) is 0 Å². The third kappa shape index (κ3) is 2.79. The third-order valence-electron chi connectivity index (χ3n) is 3.28. The van der Waals surface area contributed by atoms with Crippen LogP contribution in [0.5, 0.6) is 0 Å². The Bertz CT molecular complexity index is 399. The molecule has 0 saturated carbocycles. The van der Waals surface area contributed by atoms with Gasteiger partial charge in [0.1, 0.15) is 12.0 Å². The van der Waals surface area contributed by atoms with Gasteiger partial charge in [-0.3, -0.25) is 4.79 Å². The topological polar surface area (TPSA) is 58.1 Å². The first-order valence-electron chi connectivity index (χ1n) is 5.93. The average Bonchev–Trinajstić information content (AvgIpc) is 2.39. The molecule has 1 amide bonds. The molecule has 5 heteroatoms. The van der Waals surface area contributed by atoms with Crippen LogP contribution >= 0.6 is 0 Å². The molecule has 0 aromatic carbocycles. The Morgan fingerprint density at radius 1 is 1.41 bits per heavy atom. The summed E-state index contributed by atoms with van der Waals surface area (Å²) < 4.78 is 0. The largest absolute Gasteiger partial charge is 0.354 e. The SMILES string of the molecule is CNC(=O)c1cc(C2CCN(C)CC2)ncn1. The van der Waals surface area contributed by atoms with E-state index in [1.54, 1.807) is 7.05 Å². The van der Waals surface area contributed by atoms with Gasteiger partial charge in [-0.1, -0.05) is 0 Å². The molecular weight excluding hydrogens is 216 g/mol. The van der Waals surface area contributed by atoms with Crippen molar-refractivity contribution in [1.82, 2.24) is 20.2 Å². The monoisotopic (exact) mass is 234 g/mol. The molecule has 1 N–H and O–H groups in total. The van der Waals surface area contributed by atoms with Crippen LogP contribution in [0.4, 0.5) is 0 Å². The second kappa shape index (κ2) is 5.23. The molecule has 2 heterocycles. The van der Waals surface area contributed by atoms with Crippen molar-refractivity contribution in [2.24, 2.45) is 0 Å². The molecule has 1 aliphatic rings. The van der Waals surface area contributed by atoms with Crippen molar-refractivity contribution in [3.8, 4) is 0 Å². The fourth-order valence-corrected chi connectivity index (χ4v) is 2.15. The lowest BCUT2D eigenvalue weighted by Crippen LogP contribution is -2.29. The van der Waals surface area contributed by atoms with Crippen molar-refractivity contribution in [3.63, 3.8) is 0 Å². The second-order valence-electron chi connectivity index (χ2n) is 4.48. The number of nitrogens with one attached hydrogen (secondary N) is 1. The lowest BCUT2D eigenvalue weighted by molar-refractivity contribution is 0.0957. The molecule has 1 fully saturated rings. The fourth-order valence-electron chi connectivity index (χ4n) is 2.15. The maximum atomic E-state index is 11.5. The molecule has 0 atom stereocenters. The summed E-state index contributed by atoms with van der Waals surface area (Å²) in [6.45, 7) is 2.17. The Balaban J connectivity index is 2.13. The van der Waals surface area contributed by atoms with Crippen LogP contribution in [0.2, 0.25) is 0 Å². The Morgan fingerprint density at radius 2 is 2.12 bits per heavy atom. The van der Waals surface area contributed by atoms with E-state index in [9.17, 15) is 4.79 Å². The molecule has 1 aliphatic heterocycles. The number of aromatic nitrogens is 2. The number of carbonyl (C=O) groups excluding carboxylic acids is 1. The second-order valence-corrected chi connectivity index (χ2v) is 4.48. The molecule has 0 aliphatic carbocycles. The van der Waals surface area contributed by atoms with Crippen LogP contribution in [-0.2, 0) is 0 Å². The number of carbonyl (C=O) groups is 1. The van der Waals surface area contributed by atoms with Crippen LogP contribution in [0.25, 0.3) is 0 Å². The van der Waals surface area contributed by atoms with Gasteiger partial charge in [-0.05, 0) is 39.0 Å². The van der Waals surface area contributed by atoms with Gasteiger partial charge in [-0.15, -0.1) is 0 Å². The quantitative estimate of drug-likeness (QED) is 0.816. The van der Waals surface area contributed by atoms with Crippen molar-refractivity contribution < 1.29 is 4.79 Å². The van der Waals surface area contributed by atoms with Gasteiger partial charge in [0.25, 0.3) is 5.91 Å². The predicted octanol–water partition coefficient (Wildman–Crippen LogP) is 0.645. The van der Waals surface area contributed by atoms with Crippen LogP contribution < -0.4 is 5.32 Å². The molecule has 17 heavy (non-hydrogen) atoms. The van der Waals surface area contributed by atoms with Crippen LogP contribution in [0, 0.1) is 0 Å². The van der Waals surface area contributed by atoms with Crippen LogP contribution in [-0.4, -0.2) is 48.0 Å². The number of amides is 1. The van der Waals surface area contributed by atoms with Gasteiger partial charge in [-0.25, -0.2) is 9.97 Å². The predicted molar refractivity (Wildman–Crippen MR) is 64.9 cm³/mol. The number of likely N-dealkylation sites (tertiary alicyclic amines) is 1. The fraction of sp³-hybridized carbons (Fsp3) is 0.583. The number of hydrogen-bond donors (Lipinski definition) is 1. The molecular formula is C12H18N4O. The molecule has 5 nitrogen and oxygen atoms in total. The molecule has 92 valence electrons. The average molecular weight is 234 g/mol. The smallest absolute Gasteiger partial charge is 0.269 e. The minimum Gasteiger partial charge on any atom is -0.354 e. The highest BCUT2D eigenvalue weighted by atomic mass is 16.1. The highest BCUT2D eigenvalue weighted by Crippen LogP contribution is 2.25. The summed E-state index contributed by atoms with van der Waals surface area (Å²) in [6.07, 6.45) is 3.68. The Kier molecular flexibility index (Phi) is 3.68. The molecule has 1 saturated heterocycles. The zero-order valence-electron chi connectivity index (χ0n) is 10.3. The first-order chi connectivity index (χ1) is 8.20. The van der Waals surface area contributed by atoms with Crippen molar-refractivity contribution in [2.45, 2.75) is 18.8 Å². The highest BCUT2D eigenvalue weighted by molar-refractivity contribution is 5.91. The summed E-state index contributed by atoms with van der Waals surface area (Å²) in [4.78, 5) is 22.1. The zero-order chi connectivity index (χ0) is 12.3. The number of nitrogens with zero attached hydrogens (tertiary/aromatic N) is 3.